The minimum absolute atomic E-state index is 0.586. The van der Waals surface area contributed by atoms with E-state index in [2.05, 4.69) is 19.9 Å². The maximum absolute atomic E-state index is 12.5. The second-order valence-electron chi connectivity index (χ2n) is 4.34. The van der Waals surface area contributed by atoms with Crippen molar-refractivity contribution in [3.8, 4) is 0 Å². The van der Waals surface area contributed by atoms with Gasteiger partial charge in [-0.1, -0.05) is 44.9 Å². The van der Waals surface area contributed by atoms with Crippen molar-refractivity contribution in [1.82, 2.24) is 0 Å². The van der Waals surface area contributed by atoms with E-state index in [1.807, 2.05) is 0 Å². The molecular formula is C15H19F3. The molecule has 0 radical (unpaired) electrons. The molecule has 1 aromatic rings. The number of allylic oxidation sites excluding steroid dienone is 2. The normalized spacial score (nSPS) is 12.8. The van der Waals surface area contributed by atoms with Gasteiger partial charge in [0.05, 0.1) is 5.56 Å². The Hall–Kier alpha value is -1.25. The number of hydrogen-bond donors (Lipinski definition) is 0. The smallest absolute Gasteiger partial charge is 0.166 e. The molecule has 0 aliphatic carbocycles. The highest BCUT2D eigenvalue weighted by Gasteiger charge is 2.29. The van der Waals surface area contributed by atoms with Crippen LogP contribution in [0.3, 0.4) is 0 Å². The van der Waals surface area contributed by atoms with Crippen molar-refractivity contribution >= 4 is 5.57 Å². The van der Waals surface area contributed by atoms with Crippen molar-refractivity contribution in [2.75, 3.05) is 0 Å². The summed E-state index contributed by atoms with van der Waals surface area (Å²) in [6, 6.07) is 5.45. The average molecular weight is 256 g/mol. The van der Waals surface area contributed by atoms with Gasteiger partial charge in [0.1, 0.15) is 0 Å². The Labute approximate surface area is 107 Å². The second-order valence-corrected chi connectivity index (χ2v) is 4.34. The van der Waals surface area contributed by atoms with Gasteiger partial charge in [0.2, 0.25) is 0 Å². The quantitative estimate of drug-likeness (QED) is 0.635. The second kappa shape index (κ2) is 6.62. The molecule has 0 heterocycles. The molecule has 1 aromatic carbocycles. The summed E-state index contributed by atoms with van der Waals surface area (Å²) in [4.78, 5) is 0. The molecule has 100 valence electrons. The molecule has 0 atom stereocenters. The number of rotatable bonds is 5. The summed E-state index contributed by atoms with van der Waals surface area (Å²) in [5.74, 6) is 0. The monoisotopic (exact) mass is 256 g/mol. The average Bonchev–Trinajstić information content (AvgIpc) is 2.33. The van der Waals surface area contributed by atoms with Gasteiger partial charge in [0, 0.05) is 0 Å². The molecule has 0 aromatic heterocycles. The predicted molar refractivity (Wildman–Crippen MR) is 69.2 cm³/mol. The molecule has 0 N–H and O–H groups in total. The van der Waals surface area contributed by atoms with Crippen molar-refractivity contribution in [1.29, 1.82) is 0 Å². The molecule has 0 amide bonds. The van der Waals surface area contributed by atoms with Crippen LogP contribution >= 0.6 is 0 Å². The Morgan fingerprint density at radius 2 is 1.67 bits per heavy atom. The van der Waals surface area contributed by atoms with Crippen LogP contribution in [0.4, 0.5) is 13.2 Å². The van der Waals surface area contributed by atoms with E-state index in [1.54, 1.807) is 12.1 Å². The summed E-state index contributed by atoms with van der Waals surface area (Å²) in [5.41, 5.74) is 1.46. The minimum Gasteiger partial charge on any atom is -0.166 e. The van der Waals surface area contributed by atoms with Gasteiger partial charge < -0.3 is 0 Å². The van der Waals surface area contributed by atoms with Crippen molar-refractivity contribution in [2.45, 2.75) is 45.7 Å². The predicted octanol–water partition coefficient (Wildman–Crippen LogP) is 5.69. The van der Waals surface area contributed by atoms with Crippen LogP contribution < -0.4 is 0 Å². The Bertz CT molecular complexity index is 385. The van der Waals surface area contributed by atoms with Crippen molar-refractivity contribution in [2.24, 2.45) is 0 Å². The summed E-state index contributed by atoms with van der Waals surface area (Å²) in [6.45, 7) is 4.16. The molecule has 0 fully saturated rings. The molecule has 0 saturated carbocycles. The highest BCUT2D eigenvalue weighted by molar-refractivity contribution is 5.65. The van der Waals surface area contributed by atoms with Crippen LogP contribution in [0.1, 0.15) is 50.7 Å². The lowest BCUT2D eigenvalue weighted by Crippen LogP contribution is -2.04. The van der Waals surface area contributed by atoms with E-state index in [9.17, 15) is 13.2 Å². The molecule has 3 heteroatoms. The molecule has 18 heavy (non-hydrogen) atoms. The first-order valence-corrected chi connectivity index (χ1v) is 6.35. The van der Waals surface area contributed by atoms with Crippen molar-refractivity contribution in [3.63, 3.8) is 0 Å². The summed E-state index contributed by atoms with van der Waals surface area (Å²) in [5, 5.41) is 0. The first-order valence-electron chi connectivity index (χ1n) is 6.35. The zero-order valence-corrected chi connectivity index (χ0v) is 10.8. The zero-order chi connectivity index (χ0) is 13.6. The summed E-state index contributed by atoms with van der Waals surface area (Å²) in [6.07, 6.45) is 1.80. The molecule has 1 rings (SSSR count). The fourth-order valence-corrected chi connectivity index (χ4v) is 1.83. The Balaban J connectivity index is 2.94. The lowest BCUT2D eigenvalue weighted by Gasteiger charge is -2.10. The van der Waals surface area contributed by atoms with Gasteiger partial charge >= 0.3 is 6.18 Å². The Kier molecular flexibility index (Phi) is 5.45. The van der Waals surface area contributed by atoms with E-state index in [-0.39, 0.29) is 0 Å². The SMILES string of the molecule is CCCC=C(CCC)c1ccc(C(F)(F)F)cc1. The zero-order valence-electron chi connectivity index (χ0n) is 10.8. The van der Waals surface area contributed by atoms with Gasteiger partial charge in [0.15, 0.2) is 0 Å². The van der Waals surface area contributed by atoms with Gasteiger partial charge in [-0.3, -0.25) is 0 Å². The van der Waals surface area contributed by atoms with Crippen LogP contribution in [0.25, 0.3) is 5.57 Å². The van der Waals surface area contributed by atoms with Crippen molar-refractivity contribution < 1.29 is 13.2 Å². The Morgan fingerprint density at radius 1 is 1.06 bits per heavy atom. The maximum atomic E-state index is 12.5. The molecule has 0 bridgehead atoms. The summed E-state index contributed by atoms with van der Waals surface area (Å²) < 4.78 is 37.4. The standard InChI is InChI=1S/C15H19F3/c1-3-5-7-12(6-4-2)13-8-10-14(11-9-13)15(16,17)18/h7-11H,3-6H2,1-2H3. The van der Waals surface area contributed by atoms with Gasteiger partial charge in [-0.15, -0.1) is 0 Å². The molecule has 0 spiro atoms. The van der Waals surface area contributed by atoms with Gasteiger partial charge in [-0.05, 0) is 36.1 Å². The fourth-order valence-electron chi connectivity index (χ4n) is 1.83. The van der Waals surface area contributed by atoms with Gasteiger partial charge in [-0.2, -0.15) is 13.2 Å². The fraction of sp³-hybridized carbons (Fsp3) is 0.467. The molecule has 0 unspecified atom stereocenters. The van der Waals surface area contributed by atoms with E-state index in [4.69, 9.17) is 0 Å². The van der Waals surface area contributed by atoms with Crippen LogP contribution in [-0.2, 0) is 6.18 Å². The third-order valence-electron chi connectivity index (χ3n) is 2.78. The number of hydrogen-bond acceptors (Lipinski definition) is 0. The lowest BCUT2D eigenvalue weighted by molar-refractivity contribution is -0.137. The van der Waals surface area contributed by atoms with Crippen LogP contribution in [0, 0.1) is 0 Å². The van der Waals surface area contributed by atoms with Crippen LogP contribution in [-0.4, -0.2) is 0 Å². The molecule has 0 nitrogen and oxygen atoms in total. The van der Waals surface area contributed by atoms with Crippen LogP contribution in [0.2, 0.25) is 0 Å². The highest BCUT2D eigenvalue weighted by atomic mass is 19.4. The van der Waals surface area contributed by atoms with Gasteiger partial charge in [0.25, 0.3) is 0 Å². The van der Waals surface area contributed by atoms with E-state index in [0.29, 0.717) is 0 Å². The molecule has 0 saturated heterocycles. The molecule has 0 aliphatic heterocycles. The molecular weight excluding hydrogens is 237 g/mol. The maximum Gasteiger partial charge on any atom is 0.416 e. The van der Waals surface area contributed by atoms with Crippen LogP contribution in [0.5, 0.6) is 0 Å². The number of alkyl halides is 3. The first-order chi connectivity index (χ1) is 8.49. The third-order valence-corrected chi connectivity index (χ3v) is 2.78. The topological polar surface area (TPSA) is 0 Å². The number of benzene rings is 1. The highest BCUT2D eigenvalue weighted by Crippen LogP contribution is 2.30. The van der Waals surface area contributed by atoms with Crippen LogP contribution in [0.15, 0.2) is 30.3 Å². The van der Waals surface area contributed by atoms with E-state index in [1.165, 1.54) is 0 Å². The number of unbranched alkanes of at least 4 members (excludes halogenated alkanes) is 1. The minimum atomic E-state index is -4.25. The summed E-state index contributed by atoms with van der Waals surface area (Å²) >= 11 is 0. The van der Waals surface area contributed by atoms with E-state index >= 15 is 0 Å². The third kappa shape index (κ3) is 4.21. The Morgan fingerprint density at radius 3 is 2.11 bits per heavy atom. The number of halogens is 3. The van der Waals surface area contributed by atoms with Gasteiger partial charge in [-0.25, -0.2) is 0 Å². The van der Waals surface area contributed by atoms with E-state index in [0.717, 1.165) is 49.0 Å². The molecule has 0 aliphatic rings. The lowest BCUT2D eigenvalue weighted by atomic mass is 9.98. The van der Waals surface area contributed by atoms with Crippen molar-refractivity contribution in [3.05, 3.63) is 41.5 Å². The largest absolute Gasteiger partial charge is 0.416 e. The first kappa shape index (κ1) is 14.8. The summed E-state index contributed by atoms with van der Waals surface area (Å²) in [7, 11) is 0. The van der Waals surface area contributed by atoms with E-state index < -0.39 is 11.7 Å².